The molecule has 0 saturated heterocycles. The highest BCUT2D eigenvalue weighted by molar-refractivity contribution is 5.76. The molecular weight excluding hydrogens is 248 g/mol. The van der Waals surface area contributed by atoms with Crippen molar-refractivity contribution in [1.29, 1.82) is 0 Å². The fourth-order valence-electron chi connectivity index (χ4n) is 2.33. The first-order chi connectivity index (χ1) is 8.73. The van der Waals surface area contributed by atoms with Gasteiger partial charge in [0.25, 0.3) is 0 Å². The van der Waals surface area contributed by atoms with Gasteiger partial charge in [0.15, 0.2) is 6.10 Å². The molecule has 0 aliphatic heterocycles. The molecule has 19 heavy (non-hydrogen) atoms. The molecule has 6 nitrogen and oxygen atoms in total. The van der Waals surface area contributed by atoms with E-state index in [1.54, 1.807) is 11.9 Å². The largest absolute Gasteiger partial charge is 0.479 e. The molecule has 1 rings (SSSR count). The number of carbonyl (C=O) groups excluding carboxylic acids is 1. The molecule has 0 radical (unpaired) electrons. The van der Waals surface area contributed by atoms with Crippen LogP contribution in [0.2, 0.25) is 0 Å². The summed E-state index contributed by atoms with van der Waals surface area (Å²) < 4.78 is 0. The molecule has 0 spiro atoms. The summed E-state index contributed by atoms with van der Waals surface area (Å²) in [6, 6.07) is -0.139. The van der Waals surface area contributed by atoms with Crippen molar-refractivity contribution in [2.75, 3.05) is 13.6 Å². The van der Waals surface area contributed by atoms with Gasteiger partial charge in [0, 0.05) is 13.1 Å². The predicted octanol–water partition coefficient (Wildman–Crippen LogP) is 1.04. The maximum atomic E-state index is 11.8. The van der Waals surface area contributed by atoms with Gasteiger partial charge in [-0.3, -0.25) is 0 Å². The summed E-state index contributed by atoms with van der Waals surface area (Å²) in [7, 11) is 1.71. The molecule has 1 aliphatic carbocycles. The number of urea groups is 1. The topological polar surface area (TPSA) is 89.9 Å². The Kier molecular flexibility index (Phi) is 5.17. The van der Waals surface area contributed by atoms with Gasteiger partial charge in [-0.2, -0.15) is 0 Å². The van der Waals surface area contributed by atoms with Crippen molar-refractivity contribution in [2.24, 2.45) is 5.41 Å². The Morgan fingerprint density at radius 2 is 1.89 bits per heavy atom. The van der Waals surface area contributed by atoms with Gasteiger partial charge in [-0.1, -0.05) is 13.8 Å². The van der Waals surface area contributed by atoms with E-state index in [0.29, 0.717) is 5.41 Å². The van der Waals surface area contributed by atoms with Crippen molar-refractivity contribution in [3.05, 3.63) is 0 Å². The number of nitrogens with one attached hydrogen (secondary N) is 1. The number of rotatable bonds is 4. The molecule has 1 fully saturated rings. The molecule has 1 aliphatic rings. The molecule has 1 saturated carbocycles. The standard InChI is InChI=1S/C13H24N2O4/c1-13(2)6-4-9(5-7-13)15(3)12(19)14-8-10(16)11(17)18/h9-10,16H,4-8H2,1-3H3,(H,14,19)(H,17,18)/t10-/m0/s1. The van der Waals surface area contributed by atoms with Gasteiger partial charge >= 0.3 is 12.0 Å². The van der Waals surface area contributed by atoms with Crippen molar-refractivity contribution in [2.45, 2.75) is 51.7 Å². The minimum atomic E-state index is -1.55. The lowest BCUT2D eigenvalue weighted by atomic mass is 9.75. The molecule has 6 heteroatoms. The third kappa shape index (κ3) is 4.70. The zero-order valence-electron chi connectivity index (χ0n) is 11.8. The molecule has 0 heterocycles. The molecule has 0 unspecified atom stereocenters. The van der Waals surface area contributed by atoms with Crippen molar-refractivity contribution in [3.63, 3.8) is 0 Å². The van der Waals surface area contributed by atoms with E-state index in [1.165, 1.54) is 0 Å². The predicted molar refractivity (Wildman–Crippen MR) is 70.8 cm³/mol. The van der Waals surface area contributed by atoms with Crippen LogP contribution in [0.1, 0.15) is 39.5 Å². The SMILES string of the molecule is CN(C(=O)NC[C@H](O)C(=O)O)C1CCC(C)(C)CC1. The van der Waals surface area contributed by atoms with Gasteiger partial charge in [-0.25, -0.2) is 9.59 Å². The van der Waals surface area contributed by atoms with Gasteiger partial charge < -0.3 is 20.4 Å². The third-order valence-corrected chi connectivity index (χ3v) is 3.91. The van der Waals surface area contributed by atoms with Crippen LogP contribution in [-0.2, 0) is 4.79 Å². The average molecular weight is 272 g/mol. The highest BCUT2D eigenvalue weighted by Crippen LogP contribution is 2.36. The van der Waals surface area contributed by atoms with Gasteiger partial charge in [0.1, 0.15) is 0 Å². The minimum absolute atomic E-state index is 0.190. The second kappa shape index (κ2) is 6.23. The zero-order chi connectivity index (χ0) is 14.6. The summed E-state index contributed by atoms with van der Waals surface area (Å²) >= 11 is 0. The van der Waals surface area contributed by atoms with Crippen LogP contribution in [0.25, 0.3) is 0 Å². The van der Waals surface area contributed by atoms with Crippen LogP contribution in [0.5, 0.6) is 0 Å². The summed E-state index contributed by atoms with van der Waals surface area (Å²) in [4.78, 5) is 23.9. The number of carbonyl (C=O) groups is 2. The van der Waals surface area contributed by atoms with Gasteiger partial charge in [-0.05, 0) is 31.1 Å². The van der Waals surface area contributed by atoms with Crippen LogP contribution in [0.15, 0.2) is 0 Å². The first-order valence-corrected chi connectivity index (χ1v) is 6.64. The summed E-state index contributed by atoms with van der Waals surface area (Å²) in [5, 5.41) is 20.1. The minimum Gasteiger partial charge on any atom is -0.479 e. The Morgan fingerprint density at radius 3 is 2.37 bits per heavy atom. The molecule has 0 aromatic rings. The number of nitrogens with zero attached hydrogens (tertiary/aromatic N) is 1. The van der Waals surface area contributed by atoms with Crippen LogP contribution in [0.4, 0.5) is 4.79 Å². The van der Waals surface area contributed by atoms with Crippen LogP contribution < -0.4 is 5.32 Å². The average Bonchev–Trinajstić information content (AvgIpc) is 2.34. The lowest BCUT2D eigenvalue weighted by Gasteiger charge is -2.38. The van der Waals surface area contributed by atoms with E-state index < -0.39 is 12.1 Å². The quantitative estimate of drug-likeness (QED) is 0.713. The maximum Gasteiger partial charge on any atom is 0.334 e. The molecule has 110 valence electrons. The fraction of sp³-hybridized carbons (Fsp3) is 0.846. The Hall–Kier alpha value is -1.30. The Morgan fingerprint density at radius 1 is 1.37 bits per heavy atom. The van der Waals surface area contributed by atoms with Crippen LogP contribution in [0, 0.1) is 5.41 Å². The summed E-state index contributed by atoms with van der Waals surface area (Å²) in [6.45, 7) is 4.19. The van der Waals surface area contributed by atoms with Crippen molar-refractivity contribution in [1.82, 2.24) is 10.2 Å². The van der Waals surface area contributed by atoms with E-state index in [4.69, 9.17) is 10.2 Å². The maximum absolute atomic E-state index is 11.8. The monoisotopic (exact) mass is 272 g/mol. The van der Waals surface area contributed by atoms with E-state index in [9.17, 15) is 9.59 Å². The van der Waals surface area contributed by atoms with Crippen LogP contribution in [0.3, 0.4) is 0 Å². The first kappa shape index (κ1) is 15.8. The highest BCUT2D eigenvalue weighted by Gasteiger charge is 2.30. The summed E-state index contributed by atoms with van der Waals surface area (Å²) in [5.74, 6) is -1.33. The van der Waals surface area contributed by atoms with Crippen LogP contribution in [-0.4, -0.2) is 52.9 Å². The second-order valence-electron chi connectivity index (χ2n) is 6.05. The number of hydrogen-bond acceptors (Lipinski definition) is 3. The van der Waals surface area contributed by atoms with Gasteiger partial charge in [-0.15, -0.1) is 0 Å². The molecule has 3 N–H and O–H groups in total. The normalized spacial score (nSPS) is 20.6. The lowest BCUT2D eigenvalue weighted by Crippen LogP contribution is -2.48. The van der Waals surface area contributed by atoms with E-state index in [0.717, 1.165) is 25.7 Å². The lowest BCUT2D eigenvalue weighted by molar-refractivity contribution is -0.146. The third-order valence-electron chi connectivity index (χ3n) is 3.91. The van der Waals surface area contributed by atoms with Crippen molar-refractivity contribution < 1.29 is 19.8 Å². The summed E-state index contributed by atoms with van der Waals surface area (Å²) in [5.41, 5.74) is 0.341. The van der Waals surface area contributed by atoms with Gasteiger partial charge in [0.2, 0.25) is 0 Å². The van der Waals surface area contributed by atoms with Crippen LogP contribution >= 0.6 is 0 Å². The summed E-state index contributed by atoms with van der Waals surface area (Å²) in [6.07, 6.45) is 2.51. The Labute approximate surface area is 113 Å². The number of carboxylic acid groups (broad SMARTS) is 1. The fourth-order valence-corrected chi connectivity index (χ4v) is 2.33. The Bertz CT molecular complexity index is 334. The number of amides is 2. The number of aliphatic hydroxyl groups is 1. The first-order valence-electron chi connectivity index (χ1n) is 6.64. The van der Waals surface area contributed by atoms with E-state index in [2.05, 4.69) is 19.2 Å². The molecule has 1 atom stereocenters. The van der Waals surface area contributed by atoms with E-state index >= 15 is 0 Å². The molecule has 0 bridgehead atoms. The molecule has 0 aromatic carbocycles. The van der Waals surface area contributed by atoms with E-state index in [1.807, 2.05) is 0 Å². The molecular formula is C13H24N2O4. The smallest absolute Gasteiger partial charge is 0.334 e. The van der Waals surface area contributed by atoms with Crippen molar-refractivity contribution >= 4 is 12.0 Å². The zero-order valence-corrected chi connectivity index (χ0v) is 11.8. The molecule has 2 amide bonds. The van der Waals surface area contributed by atoms with Crippen molar-refractivity contribution in [3.8, 4) is 0 Å². The number of carboxylic acids is 1. The molecule has 0 aromatic heterocycles. The second-order valence-corrected chi connectivity index (χ2v) is 6.05. The van der Waals surface area contributed by atoms with Gasteiger partial charge in [0.05, 0.1) is 6.54 Å². The number of aliphatic hydroxyl groups excluding tert-OH is 1. The highest BCUT2D eigenvalue weighted by atomic mass is 16.4. The van der Waals surface area contributed by atoms with E-state index in [-0.39, 0.29) is 18.6 Å². The number of aliphatic carboxylic acids is 1. The number of hydrogen-bond donors (Lipinski definition) is 3. The Balaban J connectivity index is 2.39.